The van der Waals surface area contributed by atoms with E-state index < -0.39 is 63.9 Å². The number of piperidine rings is 1. The Bertz CT molecular complexity index is 1920. The van der Waals surface area contributed by atoms with Crippen LogP contribution in [0.5, 0.6) is 5.75 Å². The van der Waals surface area contributed by atoms with Gasteiger partial charge in [0.05, 0.1) is 30.6 Å². The number of fused-ring (bicyclic) bond motifs is 1. The molecular formula is C36H36ClF6N5O5S. The summed E-state index contributed by atoms with van der Waals surface area (Å²) in [5, 5.41) is 4.17. The third-order valence-electron chi connectivity index (χ3n) is 10.00. The lowest BCUT2D eigenvalue weighted by Gasteiger charge is -2.51. The molecule has 0 bridgehead atoms. The number of nitrogens with one attached hydrogen (secondary N) is 1. The third kappa shape index (κ3) is 7.88. The van der Waals surface area contributed by atoms with Gasteiger partial charge < -0.3 is 24.8 Å². The first-order valence-electron chi connectivity index (χ1n) is 17.3. The monoisotopic (exact) mass is 799 g/mol. The van der Waals surface area contributed by atoms with E-state index in [1.807, 2.05) is 0 Å². The lowest BCUT2D eigenvalue weighted by atomic mass is 9.78. The smallest absolute Gasteiger partial charge is 0.425 e. The molecule has 4 amide bonds. The van der Waals surface area contributed by atoms with Crippen molar-refractivity contribution >= 4 is 46.6 Å². The average molecular weight is 800 g/mol. The number of carbonyl (C=O) groups excluding carboxylic acids is 4. The second-order valence-electron chi connectivity index (χ2n) is 13.4. The van der Waals surface area contributed by atoms with E-state index in [2.05, 4.69) is 10.3 Å². The molecule has 3 atom stereocenters. The number of benzene rings is 1. The van der Waals surface area contributed by atoms with Gasteiger partial charge in [-0.2, -0.15) is 26.3 Å². The Morgan fingerprint density at radius 1 is 1.06 bits per heavy atom. The summed E-state index contributed by atoms with van der Waals surface area (Å²) in [5.41, 5.74) is -2.93. The molecule has 290 valence electrons. The van der Waals surface area contributed by atoms with Gasteiger partial charge in [-0.25, -0.2) is 0 Å². The average Bonchev–Trinajstić information content (AvgIpc) is 3.61. The normalized spacial score (nSPS) is 22.1. The highest BCUT2D eigenvalue weighted by molar-refractivity contribution is 7.10. The van der Waals surface area contributed by atoms with Gasteiger partial charge in [0.15, 0.2) is 0 Å². The number of amides is 4. The highest BCUT2D eigenvalue weighted by Gasteiger charge is 2.57. The molecule has 1 N–H and O–H groups in total. The molecule has 1 aromatic carbocycles. The van der Waals surface area contributed by atoms with E-state index in [4.69, 9.17) is 16.3 Å². The number of rotatable bonds is 8. The molecule has 1 unspecified atom stereocenters. The zero-order valence-corrected chi connectivity index (χ0v) is 30.5. The van der Waals surface area contributed by atoms with Gasteiger partial charge in [-0.15, -0.1) is 11.3 Å². The van der Waals surface area contributed by atoms with Gasteiger partial charge in [0.25, 0.3) is 11.8 Å². The molecule has 3 aliphatic heterocycles. The van der Waals surface area contributed by atoms with Crippen molar-refractivity contribution < 1.29 is 50.3 Å². The summed E-state index contributed by atoms with van der Waals surface area (Å²) < 4.78 is 90.2. The van der Waals surface area contributed by atoms with E-state index in [9.17, 15) is 40.7 Å². The Balaban J connectivity index is 1.46. The number of pyridine rings is 1. The van der Waals surface area contributed by atoms with Crippen molar-refractivity contribution in [3.8, 4) is 5.75 Å². The molecule has 54 heavy (non-hydrogen) atoms. The third-order valence-corrected chi connectivity index (χ3v) is 11.2. The molecule has 3 aromatic rings. The maximum Gasteiger partial charge on any atom is 0.425 e. The van der Waals surface area contributed by atoms with Gasteiger partial charge in [-0.3, -0.25) is 24.2 Å². The summed E-state index contributed by atoms with van der Waals surface area (Å²) >= 11 is 6.66. The first-order valence-corrected chi connectivity index (χ1v) is 18.6. The van der Waals surface area contributed by atoms with E-state index >= 15 is 4.79 Å². The Kier molecular flexibility index (Phi) is 11.2. The zero-order valence-electron chi connectivity index (χ0n) is 28.9. The number of likely N-dealkylation sites (tertiary alicyclic amines) is 1. The number of carbonyl (C=O) groups is 4. The van der Waals surface area contributed by atoms with Crippen LogP contribution >= 0.6 is 22.9 Å². The molecule has 18 heteroatoms. The van der Waals surface area contributed by atoms with Crippen LogP contribution < -0.4 is 10.1 Å². The number of ether oxygens (including phenoxy) is 1. The predicted molar refractivity (Wildman–Crippen MR) is 185 cm³/mol. The fourth-order valence-electron chi connectivity index (χ4n) is 7.61. The van der Waals surface area contributed by atoms with Crippen LogP contribution in [0.1, 0.15) is 77.1 Å². The van der Waals surface area contributed by atoms with Crippen molar-refractivity contribution in [2.24, 2.45) is 0 Å². The van der Waals surface area contributed by atoms with Crippen LogP contribution in [0.15, 0.2) is 48.0 Å². The molecule has 0 saturated carbocycles. The van der Waals surface area contributed by atoms with Gasteiger partial charge in [-0.1, -0.05) is 31.0 Å². The second-order valence-corrected chi connectivity index (χ2v) is 14.8. The molecule has 5 heterocycles. The quantitative estimate of drug-likeness (QED) is 0.260. The standard InChI is InChI=1S/C36H36ClF6N5O5S/c1-2-5-27-34(53-23-17-28(54-20-23)36(41,42)43,10-4-13-48(27)32(51)31-25(35(38,39)40)6-3-11-45-31)33(52)47-14-9-21-16-22(37)7-8-24(21)26(47)18-30(50)46-15-12-44-29(49)19-46/h3,6-8,11,16-17,20,26-27H,2,4-5,9-10,12-15,18-19H2,1H3,(H,44,49)/t26?,27-,34+/m1/s1. The van der Waals surface area contributed by atoms with E-state index in [-0.39, 0.29) is 76.5 Å². The molecule has 0 spiro atoms. The number of nitrogens with zero attached hydrogens (tertiary/aromatic N) is 4. The number of hydrogen-bond acceptors (Lipinski definition) is 7. The number of halogens is 7. The van der Waals surface area contributed by atoms with Crippen molar-refractivity contribution in [2.75, 3.05) is 32.7 Å². The lowest BCUT2D eigenvalue weighted by molar-refractivity contribution is -0.163. The minimum atomic E-state index is -4.94. The van der Waals surface area contributed by atoms with E-state index in [0.29, 0.717) is 28.3 Å². The number of hydrogen-bond donors (Lipinski definition) is 1. The van der Waals surface area contributed by atoms with Crippen molar-refractivity contribution in [3.63, 3.8) is 0 Å². The maximum atomic E-state index is 15.4. The minimum absolute atomic E-state index is 0.0123. The zero-order chi connectivity index (χ0) is 39.0. The van der Waals surface area contributed by atoms with E-state index in [1.54, 1.807) is 25.1 Å². The first-order chi connectivity index (χ1) is 25.5. The van der Waals surface area contributed by atoms with Crippen molar-refractivity contribution in [1.82, 2.24) is 25.0 Å². The van der Waals surface area contributed by atoms with Gasteiger partial charge in [0.2, 0.25) is 17.4 Å². The number of alkyl halides is 6. The summed E-state index contributed by atoms with van der Waals surface area (Å²) in [6.45, 7) is 1.93. The number of thiophene rings is 1. The van der Waals surface area contributed by atoms with Crippen molar-refractivity contribution in [1.29, 1.82) is 0 Å². The van der Waals surface area contributed by atoms with Gasteiger partial charge >= 0.3 is 12.4 Å². The van der Waals surface area contributed by atoms with Gasteiger partial charge in [0.1, 0.15) is 16.3 Å². The second kappa shape index (κ2) is 15.4. The first kappa shape index (κ1) is 39.3. The molecule has 2 aromatic heterocycles. The van der Waals surface area contributed by atoms with E-state index in [1.165, 1.54) is 9.80 Å². The summed E-state index contributed by atoms with van der Waals surface area (Å²) in [4.78, 5) is 62.2. The molecule has 3 aliphatic rings. The highest BCUT2D eigenvalue weighted by Crippen LogP contribution is 2.45. The van der Waals surface area contributed by atoms with Crippen LogP contribution in [0, 0.1) is 0 Å². The minimum Gasteiger partial charge on any atom is -0.474 e. The number of aromatic nitrogens is 1. The largest absolute Gasteiger partial charge is 0.474 e. The highest BCUT2D eigenvalue weighted by atomic mass is 35.5. The van der Waals surface area contributed by atoms with Crippen LogP contribution in [-0.4, -0.2) is 87.7 Å². The van der Waals surface area contributed by atoms with Crippen LogP contribution in [0.4, 0.5) is 26.3 Å². The summed E-state index contributed by atoms with van der Waals surface area (Å²) in [7, 11) is 0. The fourth-order valence-corrected chi connectivity index (χ4v) is 8.48. The van der Waals surface area contributed by atoms with Crippen LogP contribution in [-0.2, 0) is 33.2 Å². The summed E-state index contributed by atoms with van der Waals surface area (Å²) in [6.07, 6.45) is -8.37. The molecule has 6 rings (SSSR count). The van der Waals surface area contributed by atoms with E-state index in [0.717, 1.165) is 40.2 Å². The molecule has 10 nitrogen and oxygen atoms in total. The molecular weight excluding hydrogens is 764 g/mol. The molecule has 0 aliphatic carbocycles. The number of piperazine rings is 1. The van der Waals surface area contributed by atoms with Crippen LogP contribution in [0.25, 0.3) is 0 Å². The molecule has 0 radical (unpaired) electrons. The Hall–Kier alpha value is -4.38. The Morgan fingerprint density at radius 2 is 1.83 bits per heavy atom. The van der Waals surface area contributed by atoms with Crippen molar-refractivity contribution in [3.05, 3.63) is 80.3 Å². The Morgan fingerprint density at radius 3 is 2.52 bits per heavy atom. The maximum absolute atomic E-state index is 15.4. The molecule has 2 saturated heterocycles. The summed E-state index contributed by atoms with van der Waals surface area (Å²) in [6, 6.07) is 5.30. The molecule has 2 fully saturated rings. The predicted octanol–water partition coefficient (Wildman–Crippen LogP) is 6.53. The fraction of sp³-hybridized carbons (Fsp3) is 0.472. The van der Waals surface area contributed by atoms with Crippen molar-refractivity contribution in [2.45, 2.75) is 75.5 Å². The topological polar surface area (TPSA) is 112 Å². The lowest BCUT2D eigenvalue weighted by Crippen LogP contribution is -2.68. The Labute approximate surface area is 315 Å². The van der Waals surface area contributed by atoms with Gasteiger partial charge in [0, 0.05) is 55.3 Å². The summed E-state index contributed by atoms with van der Waals surface area (Å²) in [5.74, 6) is -2.95. The van der Waals surface area contributed by atoms with Gasteiger partial charge in [-0.05, 0) is 54.7 Å². The SMILES string of the molecule is CCC[C@H]1N(C(=O)c2ncccc2C(F)(F)F)CCC[C@@]1(Oc1csc(C(F)(F)F)c1)C(=O)N1CCc2cc(Cl)ccc2C1CC(=O)N1CCNC(=O)C1. The van der Waals surface area contributed by atoms with Crippen LogP contribution in [0.2, 0.25) is 5.02 Å². The van der Waals surface area contributed by atoms with Crippen LogP contribution in [0.3, 0.4) is 0 Å².